The predicted molar refractivity (Wildman–Crippen MR) is 60.8 cm³/mol. The van der Waals surface area contributed by atoms with E-state index in [0.717, 1.165) is 18.4 Å². The lowest BCUT2D eigenvalue weighted by Crippen LogP contribution is -2.08. The molecular weight excluding hydrogens is 190 g/mol. The van der Waals surface area contributed by atoms with Crippen LogP contribution in [0.1, 0.15) is 31.7 Å². The van der Waals surface area contributed by atoms with E-state index < -0.39 is 0 Å². The fourth-order valence-electron chi connectivity index (χ4n) is 1.22. The van der Waals surface area contributed by atoms with E-state index in [4.69, 9.17) is 10.5 Å². The quantitative estimate of drug-likeness (QED) is 0.469. The third kappa shape index (κ3) is 3.62. The number of hydrogen-bond acceptors (Lipinski definition) is 3. The van der Waals surface area contributed by atoms with Crippen molar-refractivity contribution in [3.63, 3.8) is 0 Å². The smallest absolute Gasteiger partial charge is 0.311 e. The molecule has 0 aliphatic carbocycles. The van der Waals surface area contributed by atoms with Gasteiger partial charge in [0.25, 0.3) is 0 Å². The minimum Gasteiger partial charge on any atom is -0.424 e. The van der Waals surface area contributed by atoms with Crippen LogP contribution >= 0.6 is 0 Å². The summed E-state index contributed by atoms with van der Waals surface area (Å²) in [5.74, 6) is 0.255. The number of hydrogen-bond donors (Lipinski definition) is 1. The Morgan fingerprint density at radius 2 is 2.20 bits per heavy atom. The van der Waals surface area contributed by atoms with E-state index in [-0.39, 0.29) is 5.97 Å². The van der Waals surface area contributed by atoms with Crippen LogP contribution in [-0.2, 0) is 4.79 Å². The number of unbranched alkanes of at least 4 members (excludes halogenated alkanes) is 1. The van der Waals surface area contributed by atoms with Crippen LogP contribution in [0.25, 0.3) is 0 Å². The van der Waals surface area contributed by atoms with Crippen LogP contribution in [0.5, 0.6) is 5.75 Å². The first kappa shape index (κ1) is 11.6. The second kappa shape index (κ2) is 5.39. The molecule has 0 unspecified atom stereocenters. The Labute approximate surface area is 90.2 Å². The standard InChI is InChI=1S/C12H17NO2/c1-3-4-5-12(14)15-11-8-9(2)6-7-10(11)13/h6-8H,3-5,13H2,1-2H3. The summed E-state index contributed by atoms with van der Waals surface area (Å²) in [6.45, 7) is 3.97. The molecule has 0 atom stereocenters. The molecule has 3 nitrogen and oxygen atoms in total. The van der Waals surface area contributed by atoms with Gasteiger partial charge in [-0.1, -0.05) is 19.4 Å². The average molecular weight is 207 g/mol. The minimum atomic E-state index is -0.214. The number of rotatable bonds is 4. The van der Waals surface area contributed by atoms with E-state index in [1.807, 2.05) is 19.9 Å². The molecule has 1 rings (SSSR count). The molecule has 0 saturated carbocycles. The third-order valence-electron chi connectivity index (χ3n) is 2.13. The molecule has 0 aromatic heterocycles. The van der Waals surface area contributed by atoms with Gasteiger partial charge in [0.1, 0.15) is 0 Å². The second-order valence-electron chi connectivity index (χ2n) is 3.62. The molecule has 0 spiro atoms. The highest BCUT2D eigenvalue weighted by Crippen LogP contribution is 2.22. The molecule has 0 aliphatic heterocycles. The highest BCUT2D eigenvalue weighted by Gasteiger charge is 2.07. The minimum absolute atomic E-state index is 0.214. The summed E-state index contributed by atoms with van der Waals surface area (Å²) >= 11 is 0. The van der Waals surface area contributed by atoms with Crippen LogP contribution in [0.3, 0.4) is 0 Å². The zero-order chi connectivity index (χ0) is 11.3. The molecule has 1 aromatic carbocycles. The van der Waals surface area contributed by atoms with Gasteiger partial charge < -0.3 is 10.5 Å². The summed E-state index contributed by atoms with van der Waals surface area (Å²) in [6.07, 6.45) is 2.28. The molecule has 0 bridgehead atoms. The number of aryl methyl sites for hydroxylation is 1. The predicted octanol–water partition coefficient (Wildman–Crippen LogP) is 2.67. The molecule has 0 aliphatic rings. The summed E-state index contributed by atoms with van der Waals surface area (Å²) in [5, 5.41) is 0. The topological polar surface area (TPSA) is 52.3 Å². The Morgan fingerprint density at radius 3 is 2.87 bits per heavy atom. The van der Waals surface area contributed by atoms with Crippen LogP contribution in [0, 0.1) is 6.92 Å². The molecule has 0 saturated heterocycles. The summed E-state index contributed by atoms with van der Waals surface area (Å²) in [7, 11) is 0. The first-order chi connectivity index (χ1) is 7.13. The Hall–Kier alpha value is -1.51. The van der Waals surface area contributed by atoms with Crippen molar-refractivity contribution in [3.8, 4) is 5.75 Å². The number of anilines is 1. The van der Waals surface area contributed by atoms with Gasteiger partial charge in [-0.05, 0) is 31.0 Å². The highest BCUT2D eigenvalue weighted by molar-refractivity contribution is 5.74. The first-order valence-electron chi connectivity index (χ1n) is 5.20. The van der Waals surface area contributed by atoms with Crippen LogP contribution in [0.4, 0.5) is 5.69 Å². The van der Waals surface area contributed by atoms with E-state index in [1.165, 1.54) is 0 Å². The molecule has 0 radical (unpaired) electrons. The number of carbonyl (C=O) groups is 1. The van der Waals surface area contributed by atoms with Gasteiger partial charge in [0.2, 0.25) is 0 Å². The lowest BCUT2D eigenvalue weighted by atomic mass is 10.2. The van der Waals surface area contributed by atoms with Gasteiger partial charge in [0.05, 0.1) is 5.69 Å². The number of ether oxygens (including phenoxy) is 1. The van der Waals surface area contributed by atoms with E-state index in [1.54, 1.807) is 12.1 Å². The van der Waals surface area contributed by atoms with Crippen molar-refractivity contribution in [3.05, 3.63) is 23.8 Å². The summed E-state index contributed by atoms with van der Waals surface area (Å²) in [4.78, 5) is 11.4. The maximum atomic E-state index is 11.4. The molecule has 3 heteroatoms. The highest BCUT2D eigenvalue weighted by atomic mass is 16.5. The number of carbonyl (C=O) groups excluding carboxylic acids is 1. The van der Waals surface area contributed by atoms with Crippen LogP contribution in [0.15, 0.2) is 18.2 Å². The lowest BCUT2D eigenvalue weighted by Gasteiger charge is -2.07. The first-order valence-corrected chi connectivity index (χ1v) is 5.20. The van der Waals surface area contributed by atoms with Gasteiger partial charge in [-0.25, -0.2) is 0 Å². The van der Waals surface area contributed by atoms with Crippen LogP contribution in [0.2, 0.25) is 0 Å². The molecule has 15 heavy (non-hydrogen) atoms. The van der Waals surface area contributed by atoms with Crippen LogP contribution in [-0.4, -0.2) is 5.97 Å². The summed E-state index contributed by atoms with van der Waals surface area (Å²) in [6, 6.07) is 5.41. The van der Waals surface area contributed by atoms with E-state index in [2.05, 4.69) is 0 Å². The van der Waals surface area contributed by atoms with Gasteiger partial charge in [-0.2, -0.15) is 0 Å². The van der Waals surface area contributed by atoms with Gasteiger partial charge in [-0.15, -0.1) is 0 Å². The molecule has 1 aromatic rings. The summed E-state index contributed by atoms with van der Waals surface area (Å²) < 4.78 is 5.16. The maximum absolute atomic E-state index is 11.4. The number of nitrogen functional groups attached to an aromatic ring is 1. The van der Waals surface area contributed by atoms with Gasteiger partial charge in [0.15, 0.2) is 5.75 Å². The van der Waals surface area contributed by atoms with Crippen molar-refractivity contribution in [2.75, 3.05) is 5.73 Å². The molecular formula is C12H17NO2. The molecule has 0 amide bonds. The van der Waals surface area contributed by atoms with Gasteiger partial charge in [-0.3, -0.25) is 4.79 Å². The van der Waals surface area contributed by atoms with Crippen molar-refractivity contribution >= 4 is 11.7 Å². The summed E-state index contributed by atoms with van der Waals surface area (Å²) in [5.41, 5.74) is 7.22. The largest absolute Gasteiger partial charge is 0.424 e. The van der Waals surface area contributed by atoms with Crippen molar-refractivity contribution in [2.45, 2.75) is 33.1 Å². The molecule has 0 heterocycles. The normalized spacial score (nSPS) is 10.0. The Kier molecular flexibility index (Phi) is 4.16. The SMILES string of the molecule is CCCCC(=O)Oc1cc(C)ccc1N. The van der Waals surface area contributed by atoms with Crippen molar-refractivity contribution in [1.29, 1.82) is 0 Å². The van der Waals surface area contributed by atoms with Gasteiger partial charge in [0, 0.05) is 6.42 Å². The third-order valence-corrected chi connectivity index (χ3v) is 2.13. The van der Waals surface area contributed by atoms with E-state index in [0.29, 0.717) is 17.9 Å². The van der Waals surface area contributed by atoms with Crippen molar-refractivity contribution < 1.29 is 9.53 Å². The van der Waals surface area contributed by atoms with E-state index >= 15 is 0 Å². The van der Waals surface area contributed by atoms with Crippen molar-refractivity contribution in [1.82, 2.24) is 0 Å². The van der Waals surface area contributed by atoms with Gasteiger partial charge >= 0.3 is 5.97 Å². The molecule has 0 fully saturated rings. The number of benzene rings is 1. The lowest BCUT2D eigenvalue weighted by molar-refractivity contribution is -0.134. The molecule has 2 N–H and O–H groups in total. The zero-order valence-electron chi connectivity index (χ0n) is 9.25. The average Bonchev–Trinajstić information content (AvgIpc) is 2.20. The Bertz CT molecular complexity index is 347. The number of esters is 1. The van der Waals surface area contributed by atoms with Crippen LogP contribution < -0.4 is 10.5 Å². The second-order valence-corrected chi connectivity index (χ2v) is 3.62. The number of nitrogens with two attached hydrogens (primary N) is 1. The Balaban J connectivity index is 2.63. The Morgan fingerprint density at radius 1 is 1.47 bits per heavy atom. The fourth-order valence-corrected chi connectivity index (χ4v) is 1.22. The van der Waals surface area contributed by atoms with E-state index in [9.17, 15) is 4.79 Å². The maximum Gasteiger partial charge on any atom is 0.311 e. The zero-order valence-corrected chi connectivity index (χ0v) is 9.25. The monoisotopic (exact) mass is 207 g/mol. The molecule has 82 valence electrons. The van der Waals surface area contributed by atoms with Crippen molar-refractivity contribution in [2.24, 2.45) is 0 Å². The fraction of sp³-hybridized carbons (Fsp3) is 0.417.